The lowest BCUT2D eigenvalue weighted by Gasteiger charge is -2.60. The normalized spacial score (nSPS) is 39.0. The van der Waals surface area contributed by atoms with E-state index in [1.165, 1.54) is 50.9 Å². The highest BCUT2D eigenvalue weighted by Gasteiger charge is 2.67. The summed E-state index contributed by atoms with van der Waals surface area (Å²) in [7, 11) is 3.20. The molecule has 0 radical (unpaired) electrons. The van der Waals surface area contributed by atoms with E-state index >= 15 is 0 Å². The number of carbonyl (C=O) groups excluding carboxylic acids is 1. The number of aldehydes is 1. The zero-order valence-electron chi connectivity index (χ0n) is 14.7. The second-order valence-electron chi connectivity index (χ2n) is 8.42. The van der Waals surface area contributed by atoms with Crippen molar-refractivity contribution in [3.05, 3.63) is 28.8 Å². The summed E-state index contributed by atoms with van der Waals surface area (Å²) in [4.78, 5) is 11.8. The number of phenols is 1. The van der Waals surface area contributed by atoms with Crippen LogP contribution >= 0.6 is 0 Å². The molecule has 1 aromatic carbocycles. The quantitative estimate of drug-likeness (QED) is 0.664. The van der Waals surface area contributed by atoms with Crippen LogP contribution in [0.2, 0.25) is 0 Å². The van der Waals surface area contributed by atoms with Gasteiger partial charge in [0, 0.05) is 11.6 Å². The predicted molar refractivity (Wildman–Crippen MR) is 93.5 cm³/mol. The fourth-order valence-electron chi connectivity index (χ4n) is 6.87. The van der Waals surface area contributed by atoms with E-state index in [1.54, 1.807) is 13.2 Å². The van der Waals surface area contributed by atoms with Gasteiger partial charge in [-0.15, -0.1) is 0 Å². The summed E-state index contributed by atoms with van der Waals surface area (Å²) in [5.74, 6) is 4.22. The second kappa shape index (κ2) is 5.03. The number of hydrogen-bond donors (Lipinski definition) is 1. The van der Waals surface area contributed by atoms with Gasteiger partial charge in [-0.2, -0.15) is 0 Å². The molecule has 4 bridgehead atoms. The molecular weight excluding hydrogens is 316 g/mol. The molecule has 0 saturated heterocycles. The van der Waals surface area contributed by atoms with Gasteiger partial charge in [0.25, 0.3) is 0 Å². The van der Waals surface area contributed by atoms with Crippen LogP contribution in [0.25, 0.3) is 5.76 Å². The second-order valence-corrected chi connectivity index (χ2v) is 8.42. The van der Waals surface area contributed by atoms with Gasteiger partial charge in [0.15, 0.2) is 6.29 Å². The third kappa shape index (κ3) is 1.85. The molecule has 5 atom stereocenters. The highest BCUT2D eigenvalue weighted by Crippen LogP contribution is 2.76. The van der Waals surface area contributed by atoms with Crippen LogP contribution in [0.4, 0.5) is 0 Å². The van der Waals surface area contributed by atoms with Crippen molar-refractivity contribution in [1.29, 1.82) is 0 Å². The number of rotatable bonds is 4. The van der Waals surface area contributed by atoms with E-state index in [0.717, 1.165) is 23.9 Å². The molecule has 4 nitrogen and oxygen atoms in total. The molecule has 4 heteroatoms. The molecule has 25 heavy (non-hydrogen) atoms. The summed E-state index contributed by atoms with van der Waals surface area (Å²) >= 11 is 0. The summed E-state index contributed by atoms with van der Waals surface area (Å²) < 4.78 is 11.2. The van der Waals surface area contributed by atoms with Crippen molar-refractivity contribution in [2.45, 2.75) is 32.1 Å². The molecule has 1 aromatic rings. The van der Waals surface area contributed by atoms with Gasteiger partial charge in [0.1, 0.15) is 17.3 Å². The van der Waals surface area contributed by atoms with Gasteiger partial charge in [-0.1, -0.05) is 0 Å². The molecule has 5 aliphatic rings. The number of ether oxygens (including phenoxy) is 2. The van der Waals surface area contributed by atoms with Crippen LogP contribution in [0, 0.1) is 29.1 Å². The first-order valence-electron chi connectivity index (χ1n) is 9.25. The van der Waals surface area contributed by atoms with E-state index in [1.807, 2.05) is 0 Å². The molecule has 5 aliphatic carbocycles. The Kier molecular flexibility index (Phi) is 3.08. The third-order valence-electron chi connectivity index (χ3n) is 7.51. The summed E-state index contributed by atoms with van der Waals surface area (Å²) in [6.45, 7) is 0. The van der Waals surface area contributed by atoms with Crippen LogP contribution in [-0.4, -0.2) is 25.6 Å². The van der Waals surface area contributed by atoms with Gasteiger partial charge in [0.2, 0.25) is 0 Å². The minimum Gasteiger partial charge on any atom is -0.508 e. The number of allylic oxidation sites excluding steroid dienone is 1. The Labute approximate surface area is 147 Å². The van der Waals surface area contributed by atoms with E-state index in [4.69, 9.17) is 9.47 Å². The smallest absolute Gasteiger partial charge is 0.154 e. The molecule has 1 spiro atoms. The van der Waals surface area contributed by atoms with Crippen molar-refractivity contribution in [3.8, 4) is 11.5 Å². The van der Waals surface area contributed by atoms with E-state index in [-0.39, 0.29) is 5.75 Å². The van der Waals surface area contributed by atoms with Crippen LogP contribution in [0.3, 0.4) is 0 Å². The SMILES string of the molecule is CO/C(=C1\C2CC3CC4(C2)CC1CC34)c1cc(O)cc(OC)c1C=O. The Morgan fingerprint density at radius 1 is 1.20 bits per heavy atom. The van der Waals surface area contributed by atoms with Crippen LogP contribution in [-0.2, 0) is 4.74 Å². The van der Waals surface area contributed by atoms with Gasteiger partial charge in [-0.05, 0) is 72.8 Å². The first-order chi connectivity index (χ1) is 12.1. The van der Waals surface area contributed by atoms with Crippen LogP contribution in [0.15, 0.2) is 17.7 Å². The maximum atomic E-state index is 11.8. The van der Waals surface area contributed by atoms with Crippen molar-refractivity contribution >= 4 is 12.0 Å². The zero-order chi connectivity index (χ0) is 17.3. The van der Waals surface area contributed by atoms with E-state index < -0.39 is 0 Å². The Bertz CT molecular complexity index is 791. The first-order valence-corrected chi connectivity index (χ1v) is 9.25. The summed E-state index contributed by atoms with van der Waals surface area (Å²) in [5.41, 5.74) is 3.13. The van der Waals surface area contributed by atoms with Crippen LogP contribution in [0.5, 0.6) is 11.5 Å². The Hall–Kier alpha value is -1.97. The predicted octanol–water partition coefficient (Wildman–Crippen LogP) is 4.03. The van der Waals surface area contributed by atoms with Gasteiger partial charge in [-0.25, -0.2) is 0 Å². The minimum atomic E-state index is 0.0958. The Morgan fingerprint density at radius 3 is 2.64 bits per heavy atom. The third-order valence-corrected chi connectivity index (χ3v) is 7.51. The molecule has 0 aromatic heterocycles. The summed E-state index contributed by atoms with van der Waals surface area (Å²) in [6, 6.07) is 3.13. The number of methoxy groups -OCH3 is 2. The lowest BCUT2D eigenvalue weighted by Crippen LogP contribution is -2.51. The van der Waals surface area contributed by atoms with E-state index in [2.05, 4.69) is 0 Å². The maximum Gasteiger partial charge on any atom is 0.154 e. The monoisotopic (exact) mass is 340 g/mol. The lowest BCUT2D eigenvalue weighted by atomic mass is 9.44. The molecule has 5 unspecified atom stereocenters. The fourth-order valence-corrected chi connectivity index (χ4v) is 6.87. The maximum absolute atomic E-state index is 11.8. The van der Waals surface area contributed by atoms with Crippen molar-refractivity contribution in [3.63, 3.8) is 0 Å². The fraction of sp³-hybridized carbons (Fsp3) is 0.571. The topological polar surface area (TPSA) is 55.8 Å². The van der Waals surface area contributed by atoms with Gasteiger partial charge in [0.05, 0.1) is 19.8 Å². The molecule has 6 rings (SSSR count). The van der Waals surface area contributed by atoms with Gasteiger partial charge in [-0.3, -0.25) is 4.79 Å². The van der Waals surface area contributed by atoms with Crippen molar-refractivity contribution in [1.82, 2.24) is 0 Å². The molecule has 132 valence electrons. The number of phenolic OH excluding ortho intramolecular Hbond substituents is 1. The number of benzene rings is 1. The number of aromatic hydroxyl groups is 1. The Morgan fingerprint density at radius 2 is 1.96 bits per heavy atom. The molecule has 0 heterocycles. The summed E-state index contributed by atoms with van der Waals surface area (Å²) in [6.07, 6.45) is 7.33. The van der Waals surface area contributed by atoms with E-state index in [0.29, 0.717) is 34.1 Å². The molecule has 1 N–H and O–H groups in total. The minimum absolute atomic E-state index is 0.0958. The molecule has 0 aliphatic heterocycles. The zero-order valence-corrected chi connectivity index (χ0v) is 14.7. The highest BCUT2D eigenvalue weighted by molar-refractivity contribution is 5.89. The average molecular weight is 340 g/mol. The van der Waals surface area contributed by atoms with Crippen molar-refractivity contribution in [2.75, 3.05) is 14.2 Å². The molecule has 5 fully saturated rings. The average Bonchev–Trinajstić information content (AvgIpc) is 2.80. The largest absolute Gasteiger partial charge is 0.508 e. The number of carbonyl (C=O) groups is 1. The molecule has 5 saturated carbocycles. The molecule has 0 amide bonds. The van der Waals surface area contributed by atoms with Gasteiger partial charge >= 0.3 is 0 Å². The van der Waals surface area contributed by atoms with Crippen LogP contribution in [0.1, 0.15) is 48.0 Å². The van der Waals surface area contributed by atoms with Crippen LogP contribution < -0.4 is 4.74 Å². The Balaban J connectivity index is 1.69. The van der Waals surface area contributed by atoms with Crippen molar-refractivity contribution in [2.24, 2.45) is 29.1 Å². The van der Waals surface area contributed by atoms with E-state index in [9.17, 15) is 9.90 Å². The lowest BCUT2D eigenvalue weighted by molar-refractivity contribution is -0.0898. The number of hydrogen-bond acceptors (Lipinski definition) is 4. The van der Waals surface area contributed by atoms with Crippen molar-refractivity contribution < 1.29 is 19.4 Å². The number of fused-ring (bicyclic) bond motifs is 1. The molecular formula is C21H24O4. The standard InChI is InChI=1S/C21H24O4/c1-24-18-6-14(23)5-15(16(18)10-22)20(25-2)19-12-3-11-7-21(8-12)9-13(19)4-17(11)21/h5-6,10-13,17,23H,3-4,7-9H2,1-2H3/b20-19+. The highest BCUT2D eigenvalue weighted by atomic mass is 16.5. The van der Waals surface area contributed by atoms with Gasteiger partial charge < -0.3 is 14.6 Å². The summed E-state index contributed by atoms with van der Waals surface area (Å²) in [5, 5.41) is 10.1. The first kappa shape index (κ1) is 15.3.